The van der Waals surface area contributed by atoms with E-state index >= 15 is 0 Å². The van der Waals surface area contributed by atoms with Gasteiger partial charge in [-0.2, -0.15) is 4.73 Å². The monoisotopic (exact) mass is 417 g/mol. The lowest BCUT2D eigenvalue weighted by Crippen LogP contribution is -2.34. The Morgan fingerprint density at radius 3 is 2.30 bits per heavy atom. The molecule has 0 fully saturated rings. The molecule has 8 nitrogen and oxygen atoms in total. The molecule has 1 aromatic heterocycles. The summed E-state index contributed by atoms with van der Waals surface area (Å²) in [4.78, 5) is 34.8. The first-order valence-electron chi connectivity index (χ1n) is 9.88. The van der Waals surface area contributed by atoms with Gasteiger partial charge in [0.25, 0.3) is 0 Å². The number of carbonyl (C=O) groups excluding carboxylic acids is 2. The minimum absolute atomic E-state index is 0.135. The van der Waals surface area contributed by atoms with Crippen molar-refractivity contribution in [3.8, 4) is 0 Å². The van der Waals surface area contributed by atoms with E-state index in [1.54, 1.807) is 20.8 Å². The normalized spacial score (nSPS) is 11.7. The highest BCUT2D eigenvalue weighted by atomic mass is 16.7. The molecule has 2 rings (SSSR count). The highest BCUT2D eigenvalue weighted by Crippen LogP contribution is 2.14. The van der Waals surface area contributed by atoms with Crippen molar-refractivity contribution in [2.24, 2.45) is 0 Å². The molecule has 1 aromatic carbocycles. The number of aromatic nitrogens is 2. The maximum absolute atomic E-state index is 12.8. The molecular weight excluding hydrogens is 386 g/mol. The molecule has 0 saturated heterocycles. The second-order valence-electron chi connectivity index (χ2n) is 8.81. The lowest BCUT2D eigenvalue weighted by atomic mass is 10.2. The third-order valence-electron chi connectivity index (χ3n) is 3.62. The number of benzene rings is 1. The summed E-state index contributed by atoms with van der Waals surface area (Å²) < 4.78 is 12.0. The number of carbonyl (C=O) groups is 2. The molecule has 0 saturated carbocycles. The highest BCUT2D eigenvalue weighted by Gasteiger charge is 2.25. The summed E-state index contributed by atoms with van der Waals surface area (Å²) >= 11 is 0. The van der Waals surface area contributed by atoms with Gasteiger partial charge in [0, 0.05) is 13.0 Å². The van der Waals surface area contributed by atoms with Crippen LogP contribution < -0.4 is 10.2 Å². The van der Waals surface area contributed by atoms with E-state index in [9.17, 15) is 9.59 Å². The van der Waals surface area contributed by atoms with Gasteiger partial charge in [-0.1, -0.05) is 30.3 Å². The van der Waals surface area contributed by atoms with Gasteiger partial charge in [0.1, 0.15) is 24.1 Å². The van der Waals surface area contributed by atoms with E-state index in [1.165, 1.54) is 11.1 Å². The molecule has 0 aliphatic rings. The predicted molar refractivity (Wildman–Crippen MR) is 112 cm³/mol. The Bertz CT molecular complexity index is 848. The maximum atomic E-state index is 12.8. The summed E-state index contributed by atoms with van der Waals surface area (Å²) in [5.74, 6) is -0.548. The second kappa shape index (κ2) is 9.65. The number of ether oxygens (including phenoxy) is 2. The van der Waals surface area contributed by atoms with Gasteiger partial charge >= 0.3 is 12.1 Å². The summed E-state index contributed by atoms with van der Waals surface area (Å²) in [6.45, 7) is 11.4. The number of amides is 1. The lowest BCUT2D eigenvalue weighted by molar-refractivity contribution is -0.0217. The van der Waals surface area contributed by atoms with Crippen LogP contribution in [0.4, 0.5) is 4.79 Å². The first-order chi connectivity index (χ1) is 13.9. The Kier molecular flexibility index (Phi) is 7.48. The van der Waals surface area contributed by atoms with Gasteiger partial charge in [-0.05, 0) is 47.1 Å². The van der Waals surface area contributed by atoms with Crippen LogP contribution in [-0.2, 0) is 22.5 Å². The van der Waals surface area contributed by atoms with Crippen molar-refractivity contribution in [1.29, 1.82) is 0 Å². The summed E-state index contributed by atoms with van der Waals surface area (Å²) in [7, 11) is 0. The van der Waals surface area contributed by atoms with Crippen molar-refractivity contribution in [3.63, 3.8) is 0 Å². The average molecular weight is 418 g/mol. The smallest absolute Gasteiger partial charge is 0.407 e. The zero-order valence-corrected chi connectivity index (χ0v) is 18.5. The van der Waals surface area contributed by atoms with Crippen LogP contribution in [0.25, 0.3) is 0 Å². The highest BCUT2D eigenvalue weighted by molar-refractivity contribution is 5.88. The van der Waals surface area contributed by atoms with Crippen LogP contribution in [-0.4, -0.2) is 39.5 Å². The Balaban J connectivity index is 2.09. The van der Waals surface area contributed by atoms with Gasteiger partial charge in [0.15, 0.2) is 5.69 Å². The van der Waals surface area contributed by atoms with Crippen molar-refractivity contribution in [3.05, 3.63) is 53.6 Å². The minimum Gasteiger partial charge on any atom is -0.456 e. The van der Waals surface area contributed by atoms with E-state index in [2.05, 4.69) is 10.3 Å². The molecule has 0 atom stereocenters. The summed E-state index contributed by atoms with van der Waals surface area (Å²) in [5.41, 5.74) is 0.418. The number of nitrogens with one attached hydrogen (secondary N) is 1. The minimum atomic E-state index is -0.585. The number of rotatable bonds is 7. The van der Waals surface area contributed by atoms with Gasteiger partial charge in [0.2, 0.25) is 0 Å². The Labute approximate surface area is 177 Å². The molecule has 2 aromatic rings. The van der Waals surface area contributed by atoms with E-state index in [0.717, 1.165) is 5.56 Å². The summed E-state index contributed by atoms with van der Waals surface area (Å²) in [6.07, 6.45) is 1.23. The fourth-order valence-electron chi connectivity index (χ4n) is 2.51. The molecule has 30 heavy (non-hydrogen) atoms. The zero-order chi connectivity index (χ0) is 22.4. The van der Waals surface area contributed by atoms with Crippen LogP contribution in [0.1, 0.15) is 63.3 Å². The van der Waals surface area contributed by atoms with Crippen LogP contribution in [0.15, 0.2) is 36.7 Å². The number of nitrogens with zero attached hydrogens (tertiary/aromatic N) is 2. The summed E-state index contributed by atoms with van der Waals surface area (Å²) in [5, 5.41) is 2.67. The molecule has 1 amide bonds. The molecule has 0 radical (unpaired) electrons. The Morgan fingerprint density at radius 1 is 1.03 bits per heavy atom. The number of hydrogen-bond acceptors (Lipinski definition) is 6. The number of imidazole rings is 1. The topological polar surface area (TPSA) is 91.7 Å². The molecule has 0 spiro atoms. The zero-order valence-electron chi connectivity index (χ0n) is 18.5. The van der Waals surface area contributed by atoms with Gasteiger partial charge in [-0.25, -0.2) is 14.6 Å². The second-order valence-corrected chi connectivity index (χ2v) is 8.81. The van der Waals surface area contributed by atoms with Crippen LogP contribution in [0.3, 0.4) is 0 Å². The predicted octanol–water partition coefficient (Wildman–Crippen LogP) is 3.53. The van der Waals surface area contributed by atoms with Crippen molar-refractivity contribution in [2.75, 3.05) is 6.54 Å². The van der Waals surface area contributed by atoms with Crippen LogP contribution in [0.2, 0.25) is 0 Å². The van der Waals surface area contributed by atoms with Gasteiger partial charge < -0.3 is 19.6 Å². The number of hydrogen-bond donors (Lipinski definition) is 1. The van der Waals surface area contributed by atoms with E-state index in [-0.39, 0.29) is 18.8 Å². The van der Waals surface area contributed by atoms with Crippen molar-refractivity contribution in [2.45, 2.75) is 65.8 Å². The SMILES string of the molecule is CC(C)(C)OC(=O)NCCc1ncn(OC(C)(C)C)c1C(=O)OCc1ccccc1. The molecular formula is C22H31N3O5. The third kappa shape index (κ3) is 7.77. The fourth-order valence-corrected chi connectivity index (χ4v) is 2.51. The van der Waals surface area contributed by atoms with Crippen LogP contribution in [0, 0.1) is 0 Å². The largest absolute Gasteiger partial charge is 0.456 e. The lowest BCUT2D eigenvalue weighted by Gasteiger charge is -2.22. The quantitative estimate of drug-likeness (QED) is 0.693. The molecule has 8 heteroatoms. The molecule has 0 aliphatic heterocycles. The third-order valence-corrected chi connectivity index (χ3v) is 3.62. The van der Waals surface area contributed by atoms with E-state index in [1.807, 2.05) is 51.1 Å². The standard InChI is InChI=1S/C22H31N3O5/c1-21(2,3)29-20(27)23-13-12-17-18(25(15-24-17)30-22(4,5)6)19(26)28-14-16-10-8-7-9-11-16/h7-11,15H,12-14H2,1-6H3,(H,23,27). The summed E-state index contributed by atoms with van der Waals surface area (Å²) in [6, 6.07) is 9.41. The maximum Gasteiger partial charge on any atom is 0.407 e. The van der Waals surface area contributed by atoms with E-state index in [4.69, 9.17) is 14.3 Å². The van der Waals surface area contributed by atoms with Crippen molar-refractivity contribution >= 4 is 12.1 Å². The van der Waals surface area contributed by atoms with Crippen molar-refractivity contribution in [1.82, 2.24) is 15.0 Å². The van der Waals surface area contributed by atoms with Crippen molar-refractivity contribution < 1.29 is 23.9 Å². The van der Waals surface area contributed by atoms with Crippen LogP contribution >= 0.6 is 0 Å². The Hall–Kier alpha value is -3.03. The molecule has 0 unspecified atom stereocenters. The average Bonchev–Trinajstić information content (AvgIpc) is 2.99. The van der Waals surface area contributed by atoms with Gasteiger partial charge in [-0.3, -0.25) is 0 Å². The van der Waals surface area contributed by atoms with E-state index < -0.39 is 23.3 Å². The molecule has 0 bridgehead atoms. The van der Waals surface area contributed by atoms with E-state index in [0.29, 0.717) is 12.1 Å². The van der Waals surface area contributed by atoms with Gasteiger partial charge in [-0.15, -0.1) is 0 Å². The van der Waals surface area contributed by atoms with Gasteiger partial charge in [0.05, 0.1) is 5.69 Å². The number of esters is 1. The molecule has 1 N–H and O–H groups in total. The molecule has 1 heterocycles. The first kappa shape index (κ1) is 23.3. The van der Waals surface area contributed by atoms with Crippen LogP contribution in [0.5, 0.6) is 0 Å². The number of alkyl carbamates (subject to hydrolysis) is 1. The molecule has 164 valence electrons. The first-order valence-corrected chi connectivity index (χ1v) is 9.88. The fraction of sp³-hybridized carbons (Fsp3) is 0.500. The molecule has 0 aliphatic carbocycles. The Morgan fingerprint density at radius 2 is 1.70 bits per heavy atom.